The highest BCUT2D eigenvalue weighted by molar-refractivity contribution is 9.10. The summed E-state index contributed by atoms with van der Waals surface area (Å²) in [6.07, 6.45) is 3.40. The van der Waals surface area contributed by atoms with E-state index in [-0.39, 0.29) is 0 Å². The third-order valence-corrected chi connectivity index (χ3v) is 3.00. The Bertz CT molecular complexity index is 607. The fourth-order valence-electron chi connectivity index (χ4n) is 1.49. The van der Waals surface area contributed by atoms with Gasteiger partial charge in [-0.2, -0.15) is 5.26 Å². The molecule has 0 aliphatic heterocycles. The minimum Gasteiger partial charge on any atom is -0.495 e. The molecule has 0 fully saturated rings. The number of aromatic nitrogens is 1. The minimum absolute atomic E-state index is 0.561. The van der Waals surface area contributed by atoms with E-state index in [9.17, 15) is 0 Å². The summed E-state index contributed by atoms with van der Waals surface area (Å²) in [5.41, 5.74) is 2.24. The third kappa shape index (κ3) is 2.60. The van der Waals surface area contributed by atoms with Crippen LogP contribution >= 0.6 is 15.9 Å². The lowest BCUT2D eigenvalue weighted by molar-refractivity contribution is 0.416. The SMILES string of the molecule is COc1cc(C#N)ccc1Nc1ccncc1Br. The molecule has 2 aromatic rings. The molecule has 1 aromatic carbocycles. The number of hydrogen-bond acceptors (Lipinski definition) is 4. The molecule has 18 heavy (non-hydrogen) atoms. The molecule has 2 rings (SSSR count). The zero-order valence-corrected chi connectivity index (χ0v) is 11.2. The summed E-state index contributed by atoms with van der Waals surface area (Å²) in [6.45, 7) is 0. The van der Waals surface area contributed by atoms with Crippen LogP contribution in [0.1, 0.15) is 5.56 Å². The maximum atomic E-state index is 8.84. The van der Waals surface area contributed by atoms with E-state index in [1.165, 1.54) is 0 Å². The molecule has 0 amide bonds. The van der Waals surface area contributed by atoms with Crippen molar-refractivity contribution in [3.8, 4) is 11.8 Å². The molecule has 0 saturated heterocycles. The van der Waals surface area contributed by atoms with Gasteiger partial charge in [-0.3, -0.25) is 4.98 Å². The van der Waals surface area contributed by atoms with Gasteiger partial charge in [-0.05, 0) is 34.1 Å². The molecule has 90 valence electrons. The molecular weight excluding hydrogens is 294 g/mol. The number of methoxy groups -OCH3 is 1. The van der Waals surface area contributed by atoms with E-state index >= 15 is 0 Å². The summed E-state index contributed by atoms with van der Waals surface area (Å²) in [7, 11) is 1.57. The van der Waals surface area contributed by atoms with E-state index in [1.54, 1.807) is 31.6 Å². The average Bonchev–Trinajstić information content (AvgIpc) is 2.41. The van der Waals surface area contributed by atoms with Gasteiger partial charge >= 0.3 is 0 Å². The second-order valence-electron chi connectivity index (χ2n) is 3.51. The Hall–Kier alpha value is -2.06. The van der Waals surface area contributed by atoms with Crippen LogP contribution in [-0.2, 0) is 0 Å². The van der Waals surface area contributed by atoms with Crippen molar-refractivity contribution in [2.45, 2.75) is 0 Å². The molecule has 0 spiro atoms. The van der Waals surface area contributed by atoms with Crippen LogP contribution in [0, 0.1) is 11.3 Å². The van der Waals surface area contributed by atoms with Crippen molar-refractivity contribution >= 4 is 27.3 Å². The Morgan fingerprint density at radius 2 is 2.17 bits per heavy atom. The predicted octanol–water partition coefficient (Wildman–Crippen LogP) is 3.47. The van der Waals surface area contributed by atoms with Crippen LogP contribution in [-0.4, -0.2) is 12.1 Å². The zero-order chi connectivity index (χ0) is 13.0. The van der Waals surface area contributed by atoms with Gasteiger partial charge in [0, 0.05) is 18.5 Å². The fraction of sp³-hybridized carbons (Fsp3) is 0.0769. The summed E-state index contributed by atoms with van der Waals surface area (Å²) in [6, 6.07) is 9.16. The van der Waals surface area contributed by atoms with Crippen LogP contribution < -0.4 is 10.1 Å². The van der Waals surface area contributed by atoms with Crippen molar-refractivity contribution in [2.24, 2.45) is 0 Å². The van der Waals surface area contributed by atoms with Gasteiger partial charge in [0.1, 0.15) is 5.75 Å². The number of benzene rings is 1. The number of anilines is 2. The van der Waals surface area contributed by atoms with Crippen molar-refractivity contribution in [1.82, 2.24) is 4.98 Å². The molecule has 0 saturated carbocycles. The number of rotatable bonds is 3. The van der Waals surface area contributed by atoms with Crippen LogP contribution in [0.25, 0.3) is 0 Å². The first kappa shape index (κ1) is 12.4. The largest absolute Gasteiger partial charge is 0.495 e. The van der Waals surface area contributed by atoms with E-state index < -0.39 is 0 Å². The lowest BCUT2D eigenvalue weighted by Crippen LogP contribution is -1.96. The zero-order valence-electron chi connectivity index (χ0n) is 9.64. The monoisotopic (exact) mass is 303 g/mol. The van der Waals surface area contributed by atoms with Gasteiger partial charge in [0.05, 0.1) is 34.6 Å². The summed E-state index contributed by atoms with van der Waals surface area (Å²) in [5, 5.41) is 12.1. The van der Waals surface area contributed by atoms with Crippen LogP contribution in [0.5, 0.6) is 5.75 Å². The van der Waals surface area contributed by atoms with Crippen LogP contribution in [0.4, 0.5) is 11.4 Å². The fourth-order valence-corrected chi connectivity index (χ4v) is 1.84. The Morgan fingerprint density at radius 1 is 1.33 bits per heavy atom. The first-order valence-electron chi connectivity index (χ1n) is 5.19. The first-order valence-corrected chi connectivity index (χ1v) is 5.98. The number of nitrogens with one attached hydrogen (secondary N) is 1. The third-order valence-electron chi connectivity index (χ3n) is 2.37. The summed E-state index contributed by atoms with van der Waals surface area (Å²) >= 11 is 3.41. The van der Waals surface area contributed by atoms with Crippen LogP contribution in [0.2, 0.25) is 0 Å². The number of hydrogen-bond donors (Lipinski definition) is 1. The molecular formula is C13H10BrN3O. The Kier molecular flexibility index (Phi) is 3.80. The second kappa shape index (κ2) is 5.52. The standard InChI is InChI=1S/C13H10BrN3O/c1-18-13-6-9(7-15)2-3-12(13)17-11-4-5-16-8-10(11)14/h2-6,8H,1H3,(H,16,17). The van der Waals surface area contributed by atoms with Gasteiger partial charge in [-0.15, -0.1) is 0 Å². The van der Waals surface area contributed by atoms with E-state index in [0.717, 1.165) is 15.8 Å². The highest BCUT2D eigenvalue weighted by Crippen LogP contribution is 2.31. The maximum Gasteiger partial charge on any atom is 0.143 e. The Labute approximate surface area is 113 Å². The molecule has 4 nitrogen and oxygen atoms in total. The van der Waals surface area contributed by atoms with E-state index in [4.69, 9.17) is 10.00 Å². The van der Waals surface area contributed by atoms with E-state index in [1.807, 2.05) is 12.1 Å². The summed E-state index contributed by atoms with van der Waals surface area (Å²) in [5.74, 6) is 0.623. The number of pyridine rings is 1. The van der Waals surface area contributed by atoms with E-state index in [2.05, 4.69) is 32.3 Å². The smallest absolute Gasteiger partial charge is 0.143 e. The Balaban J connectivity index is 2.35. The van der Waals surface area contributed by atoms with Gasteiger partial charge in [0.15, 0.2) is 0 Å². The molecule has 0 radical (unpaired) electrons. The van der Waals surface area contributed by atoms with Gasteiger partial charge in [-0.1, -0.05) is 0 Å². The Morgan fingerprint density at radius 3 is 2.83 bits per heavy atom. The van der Waals surface area contributed by atoms with Crippen molar-refractivity contribution < 1.29 is 4.74 Å². The number of nitriles is 1. The van der Waals surface area contributed by atoms with Gasteiger partial charge in [0.2, 0.25) is 0 Å². The van der Waals surface area contributed by atoms with E-state index in [0.29, 0.717) is 11.3 Å². The van der Waals surface area contributed by atoms with Gasteiger partial charge in [-0.25, -0.2) is 0 Å². The van der Waals surface area contributed by atoms with Crippen LogP contribution in [0.3, 0.4) is 0 Å². The molecule has 0 bridgehead atoms. The molecule has 1 aromatic heterocycles. The summed E-state index contributed by atoms with van der Waals surface area (Å²) in [4.78, 5) is 4.00. The van der Waals surface area contributed by atoms with Crippen molar-refractivity contribution in [3.63, 3.8) is 0 Å². The molecule has 0 atom stereocenters. The topological polar surface area (TPSA) is 57.9 Å². The van der Waals surface area contributed by atoms with Crippen molar-refractivity contribution in [1.29, 1.82) is 5.26 Å². The molecule has 0 aliphatic rings. The number of ether oxygens (including phenoxy) is 1. The lowest BCUT2D eigenvalue weighted by atomic mass is 10.2. The average molecular weight is 304 g/mol. The second-order valence-corrected chi connectivity index (χ2v) is 4.36. The van der Waals surface area contributed by atoms with Gasteiger partial charge < -0.3 is 10.1 Å². The lowest BCUT2D eigenvalue weighted by Gasteiger charge is -2.12. The molecule has 1 N–H and O–H groups in total. The van der Waals surface area contributed by atoms with Crippen LogP contribution in [0.15, 0.2) is 41.1 Å². The quantitative estimate of drug-likeness (QED) is 0.943. The molecule has 1 heterocycles. The molecule has 5 heteroatoms. The van der Waals surface area contributed by atoms with Crippen molar-refractivity contribution in [3.05, 3.63) is 46.7 Å². The normalized spacial score (nSPS) is 9.61. The summed E-state index contributed by atoms with van der Waals surface area (Å²) < 4.78 is 6.11. The number of nitrogens with zero attached hydrogens (tertiary/aromatic N) is 2. The minimum atomic E-state index is 0.561. The highest BCUT2D eigenvalue weighted by Gasteiger charge is 2.06. The number of halogens is 1. The molecule has 0 unspecified atom stereocenters. The first-order chi connectivity index (χ1) is 8.74. The maximum absolute atomic E-state index is 8.84. The van der Waals surface area contributed by atoms with Crippen molar-refractivity contribution in [2.75, 3.05) is 12.4 Å². The van der Waals surface area contributed by atoms with Gasteiger partial charge in [0.25, 0.3) is 0 Å². The predicted molar refractivity (Wildman–Crippen MR) is 72.9 cm³/mol. The highest BCUT2D eigenvalue weighted by atomic mass is 79.9. The molecule has 0 aliphatic carbocycles.